The number of carbonyl (C=O) groups is 1. The van der Waals surface area contributed by atoms with Gasteiger partial charge in [-0.25, -0.2) is 4.39 Å². The van der Waals surface area contributed by atoms with E-state index in [0.29, 0.717) is 17.9 Å². The second-order valence-corrected chi connectivity index (χ2v) is 5.88. The Labute approximate surface area is 113 Å². The van der Waals surface area contributed by atoms with Crippen molar-refractivity contribution in [2.75, 3.05) is 6.54 Å². The fourth-order valence-corrected chi connectivity index (χ4v) is 3.18. The van der Waals surface area contributed by atoms with Crippen LogP contribution in [0, 0.1) is 11.7 Å². The summed E-state index contributed by atoms with van der Waals surface area (Å²) >= 11 is 0. The molecule has 1 saturated carbocycles. The Balaban J connectivity index is 1.65. The zero-order valence-electron chi connectivity index (χ0n) is 11.3. The third kappa shape index (κ3) is 2.51. The van der Waals surface area contributed by atoms with Gasteiger partial charge in [0.25, 0.3) is 0 Å². The first kappa shape index (κ1) is 12.6. The molecular weight excluding hydrogens is 241 g/mol. The molecule has 3 heteroatoms. The van der Waals surface area contributed by atoms with E-state index in [1.165, 1.54) is 18.6 Å². The molecule has 2 aliphatic rings. The first-order chi connectivity index (χ1) is 9.16. The minimum Gasteiger partial charge on any atom is -0.340 e. The lowest BCUT2D eigenvalue weighted by molar-refractivity contribution is -0.135. The van der Waals surface area contributed by atoms with Crippen molar-refractivity contribution >= 4 is 5.91 Å². The highest BCUT2D eigenvalue weighted by Crippen LogP contribution is 2.48. The maximum Gasteiger partial charge on any atom is 0.226 e. The number of amides is 1. The number of piperidine rings is 1. The van der Waals surface area contributed by atoms with Crippen molar-refractivity contribution in [1.82, 2.24) is 4.90 Å². The third-order valence-electron chi connectivity index (χ3n) is 4.49. The van der Waals surface area contributed by atoms with E-state index < -0.39 is 0 Å². The molecular formula is C16H20FNO. The maximum absolute atomic E-state index is 12.9. The van der Waals surface area contributed by atoms with Gasteiger partial charge in [0.15, 0.2) is 0 Å². The molecule has 102 valence electrons. The van der Waals surface area contributed by atoms with E-state index in [2.05, 4.69) is 11.8 Å². The van der Waals surface area contributed by atoms with E-state index in [1.54, 1.807) is 0 Å². The van der Waals surface area contributed by atoms with Gasteiger partial charge < -0.3 is 4.90 Å². The minimum atomic E-state index is -0.211. The molecule has 1 aromatic rings. The molecule has 3 atom stereocenters. The summed E-state index contributed by atoms with van der Waals surface area (Å²) in [6.07, 6.45) is 4.41. The molecule has 1 aromatic carbocycles. The number of benzene rings is 1. The van der Waals surface area contributed by atoms with Crippen molar-refractivity contribution in [1.29, 1.82) is 0 Å². The standard InChI is InChI=1S/C16H20FNO/c1-11-4-2-3-9-18(11)16(19)15-10-14(15)12-5-7-13(17)8-6-12/h5-8,11,14-15H,2-4,9-10H2,1H3. The second kappa shape index (κ2) is 4.95. The lowest BCUT2D eigenvalue weighted by Crippen LogP contribution is -2.43. The number of halogens is 1. The maximum atomic E-state index is 12.9. The number of rotatable bonds is 2. The topological polar surface area (TPSA) is 20.3 Å². The van der Waals surface area contributed by atoms with Crippen LogP contribution in [0.25, 0.3) is 0 Å². The molecule has 3 rings (SSSR count). The smallest absolute Gasteiger partial charge is 0.226 e. The van der Waals surface area contributed by atoms with Crippen LogP contribution in [0.1, 0.15) is 44.1 Å². The summed E-state index contributed by atoms with van der Waals surface area (Å²) in [4.78, 5) is 14.5. The first-order valence-corrected chi connectivity index (χ1v) is 7.23. The number of hydrogen-bond donors (Lipinski definition) is 0. The van der Waals surface area contributed by atoms with Crippen LogP contribution in [0.15, 0.2) is 24.3 Å². The molecule has 3 unspecified atom stereocenters. The molecule has 2 fully saturated rings. The van der Waals surface area contributed by atoms with Crippen molar-refractivity contribution in [2.45, 2.75) is 44.6 Å². The van der Waals surface area contributed by atoms with Crippen LogP contribution in [-0.4, -0.2) is 23.4 Å². The van der Waals surface area contributed by atoms with Crippen molar-refractivity contribution in [2.24, 2.45) is 5.92 Å². The summed E-state index contributed by atoms with van der Waals surface area (Å²) in [5.41, 5.74) is 1.10. The van der Waals surface area contributed by atoms with Gasteiger partial charge in [-0.15, -0.1) is 0 Å². The number of hydrogen-bond acceptors (Lipinski definition) is 1. The second-order valence-electron chi connectivity index (χ2n) is 5.88. The summed E-state index contributed by atoms with van der Waals surface area (Å²) in [7, 11) is 0. The predicted molar refractivity (Wildman–Crippen MR) is 72.3 cm³/mol. The SMILES string of the molecule is CC1CCCCN1C(=O)C1CC1c1ccc(F)cc1. The fraction of sp³-hybridized carbons (Fsp3) is 0.562. The fourth-order valence-electron chi connectivity index (χ4n) is 3.18. The summed E-state index contributed by atoms with van der Waals surface area (Å²) in [6.45, 7) is 3.05. The van der Waals surface area contributed by atoms with Crippen LogP contribution < -0.4 is 0 Å². The van der Waals surface area contributed by atoms with Gasteiger partial charge in [0, 0.05) is 18.5 Å². The van der Waals surface area contributed by atoms with E-state index in [4.69, 9.17) is 0 Å². The zero-order valence-corrected chi connectivity index (χ0v) is 11.3. The summed E-state index contributed by atoms with van der Waals surface area (Å²) < 4.78 is 12.9. The van der Waals surface area contributed by atoms with Gasteiger partial charge in [-0.1, -0.05) is 12.1 Å². The van der Waals surface area contributed by atoms with Crippen molar-refractivity contribution in [3.63, 3.8) is 0 Å². The average molecular weight is 261 g/mol. The van der Waals surface area contributed by atoms with E-state index in [0.717, 1.165) is 31.4 Å². The Morgan fingerprint density at radius 1 is 1.26 bits per heavy atom. The Bertz CT molecular complexity index is 470. The predicted octanol–water partition coefficient (Wildman–Crippen LogP) is 3.33. The highest BCUT2D eigenvalue weighted by atomic mass is 19.1. The number of likely N-dealkylation sites (tertiary alicyclic amines) is 1. The monoisotopic (exact) mass is 261 g/mol. The van der Waals surface area contributed by atoms with Crippen molar-refractivity contribution in [3.05, 3.63) is 35.6 Å². The Kier molecular flexibility index (Phi) is 3.29. The number of carbonyl (C=O) groups excluding carboxylic acids is 1. The largest absolute Gasteiger partial charge is 0.340 e. The van der Waals surface area contributed by atoms with E-state index >= 15 is 0 Å². The van der Waals surface area contributed by atoms with Gasteiger partial charge in [-0.3, -0.25) is 4.79 Å². The van der Waals surface area contributed by atoms with Gasteiger partial charge in [-0.05, 0) is 56.2 Å². The quantitative estimate of drug-likeness (QED) is 0.799. The molecule has 1 heterocycles. The van der Waals surface area contributed by atoms with Crippen LogP contribution in [0.2, 0.25) is 0 Å². The molecule has 1 aliphatic heterocycles. The van der Waals surface area contributed by atoms with Gasteiger partial charge in [0.1, 0.15) is 5.82 Å². The van der Waals surface area contributed by atoms with E-state index in [9.17, 15) is 9.18 Å². The molecule has 19 heavy (non-hydrogen) atoms. The Morgan fingerprint density at radius 2 is 2.00 bits per heavy atom. The molecule has 1 amide bonds. The lowest BCUT2D eigenvalue weighted by Gasteiger charge is -2.33. The minimum absolute atomic E-state index is 0.131. The summed E-state index contributed by atoms with van der Waals surface area (Å²) in [6, 6.07) is 6.98. The van der Waals surface area contributed by atoms with Gasteiger partial charge in [-0.2, -0.15) is 0 Å². The van der Waals surface area contributed by atoms with Crippen molar-refractivity contribution in [3.8, 4) is 0 Å². The molecule has 1 saturated heterocycles. The van der Waals surface area contributed by atoms with Gasteiger partial charge >= 0.3 is 0 Å². The van der Waals surface area contributed by atoms with Crippen molar-refractivity contribution < 1.29 is 9.18 Å². The van der Waals surface area contributed by atoms with Crippen LogP contribution >= 0.6 is 0 Å². The molecule has 0 aromatic heterocycles. The molecule has 0 N–H and O–H groups in total. The third-order valence-corrected chi connectivity index (χ3v) is 4.49. The van der Waals surface area contributed by atoms with E-state index in [1.807, 2.05) is 12.1 Å². The molecule has 0 radical (unpaired) electrons. The Morgan fingerprint density at radius 3 is 2.68 bits per heavy atom. The molecule has 2 nitrogen and oxygen atoms in total. The van der Waals surface area contributed by atoms with Crippen LogP contribution in [0.4, 0.5) is 4.39 Å². The van der Waals surface area contributed by atoms with Gasteiger partial charge in [0.05, 0.1) is 0 Å². The average Bonchev–Trinajstić information content (AvgIpc) is 3.20. The zero-order chi connectivity index (χ0) is 13.4. The molecule has 0 bridgehead atoms. The van der Waals surface area contributed by atoms with E-state index in [-0.39, 0.29) is 11.7 Å². The van der Waals surface area contributed by atoms with Crippen LogP contribution in [-0.2, 0) is 4.79 Å². The molecule has 1 aliphatic carbocycles. The molecule has 0 spiro atoms. The van der Waals surface area contributed by atoms with Gasteiger partial charge in [0.2, 0.25) is 5.91 Å². The summed E-state index contributed by atoms with van der Waals surface area (Å²) in [5.74, 6) is 0.534. The van der Waals surface area contributed by atoms with Crippen LogP contribution in [0.3, 0.4) is 0 Å². The van der Waals surface area contributed by atoms with Crippen LogP contribution in [0.5, 0.6) is 0 Å². The summed E-state index contributed by atoms with van der Waals surface area (Å²) in [5, 5.41) is 0. The lowest BCUT2D eigenvalue weighted by atomic mass is 10.0. The Hall–Kier alpha value is -1.38. The first-order valence-electron chi connectivity index (χ1n) is 7.23. The normalized spacial score (nSPS) is 30.2. The number of nitrogens with zero attached hydrogens (tertiary/aromatic N) is 1. The highest BCUT2D eigenvalue weighted by molar-refractivity contribution is 5.83. The highest BCUT2D eigenvalue weighted by Gasteiger charge is 2.46.